The van der Waals surface area contributed by atoms with Gasteiger partial charge in [-0.1, -0.05) is 93.1 Å². The van der Waals surface area contributed by atoms with Gasteiger partial charge < -0.3 is 4.74 Å². The highest BCUT2D eigenvalue weighted by atomic mass is 31.2. The second-order valence-corrected chi connectivity index (χ2v) is 14.6. The molecule has 4 heteroatoms. The molecule has 0 aromatic heterocycles. The molecule has 33 heavy (non-hydrogen) atoms. The van der Waals surface area contributed by atoms with E-state index in [1.807, 2.05) is 0 Å². The van der Waals surface area contributed by atoms with E-state index >= 15 is 0 Å². The van der Waals surface area contributed by atoms with Crippen LogP contribution in [0.15, 0.2) is 84.9 Å². The fraction of sp³-hybridized carbons (Fsp3) is 0.379. The Kier molecular flexibility index (Phi) is 7.46. The molecule has 2 aliphatic heterocycles. The topological polar surface area (TPSA) is 12.5 Å². The minimum absolute atomic E-state index is 0.367. The van der Waals surface area contributed by atoms with Gasteiger partial charge in [0.25, 0.3) is 0 Å². The van der Waals surface area contributed by atoms with Gasteiger partial charge in [-0.3, -0.25) is 4.44 Å². The molecule has 172 valence electrons. The molecule has 3 aromatic carbocycles. The highest BCUT2D eigenvalue weighted by Crippen LogP contribution is 2.77. The fourth-order valence-electron chi connectivity index (χ4n) is 5.38. The molecule has 2 aliphatic rings. The lowest BCUT2D eigenvalue weighted by atomic mass is 10.0. The number of para-hydroxylation sites is 1. The third-order valence-corrected chi connectivity index (χ3v) is 13.8. The standard InChI is InChI=1S/C29H35NOP2/c1-3-4-21-30(32-23(2)22-31-26-17-11-12-18-29(26)32)33-27(24-13-7-5-8-14-24)19-20-28(33)25-15-9-6-10-16-25/h5-18,23,27-28H,3-4,19-22H2,1-2H3/t23-,27-,28-,32?/m0/s1. The minimum atomic E-state index is -0.432. The van der Waals surface area contributed by atoms with Gasteiger partial charge in [-0.05, 0) is 50.6 Å². The van der Waals surface area contributed by atoms with Crippen LogP contribution in [0.5, 0.6) is 5.75 Å². The lowest BCUT2D eigenvalue weighted by Crippen LogP contribution is -2.34. The number of fused-ring (bicyclic) bond motifs is 1. The maximum Gasteiger partial charge on any atom is 0.128 e. The number of ether oxygens (including phenoxy) is 1. The molecule has 0 N–H and O–H groups in total. The maximum atomic E-state index is 6.20. The first-order valence-electron chi connectivity index (χ1n) is 12.4. The van der Waals surface area contributed by atoms with Crippen LogP contribution in [0.25, 0.3) is 0 Å². The molecule has 3 aromatic rings. The van der Waals surface area contributed by atoms with E-state index < -0.39 is 8.07 Å². The van der Waals surface area contributed by atoms with Crippen LogP contribution in [-0.2, 0) is 0 Å². The van der Waals surface area contributed by atoms with Crippen molar-refractivity contribution in [2.45, 2.75) is 56.5 Å². The number of unbranched alkanes of at least 4 members (excludes halogenated alkanes) is 1. The highest BCUT2D eigenvalue weighted by Gasteiger charge is 2.45. The predicted molar refractivity (Wildman–Crippen MR) is 144 cm³/mol. The van der Waals surface area contributed by atoms with E-state index in [1.165, 1.54) is 48.7 Å². The summed E-state index contributed by atoms with van der Waals surface area (Å²) < 4.78 is 9.23. The largest absolute Gasteiger partial charge is 0.492 e. The number of hydrogen-bond acceptors (Lipinski definition) is 2. The number of nitrogens with zero attached hydrogens (tertiary/aromatic N) is 1. The van der Waals surface area contributed by atoms with Crippen molar-refractivity contribution >= 4 is 21.4 Å². The first kappa shape index (κ1) is 23.0. The smallest absolute Gasteiger partial charge is 0.128 e. The molecule has 0 bridgehead atoms. The quantitative estimate of drug-likeness (QED) is 0.319. The number of rotatable bonds is 7. The Hall–Kier alpha value is -1.72. The van der Waals surface area contributed by atoms with E-state index in [0.717, 1.165) is 12.4 Å². The van der Waals surface area contributed by atoms with Gasteiger partial charge in [0.15, 0.2) is 0 Å². The molecule has 0 aliphatic carbocycles. The number of benzene rings is 3. The van der Waals surface area contributed by atoms with Crippen molar-refractivity contribution in [3.8, 4) is 5.75 Å². The van der Waals surface area contributed by atoms with Crippen molar-refractivity contribution < 1.29 is 4.74 Å². The third-order valence-electron chi connectivity index (χ3n) is 6.96. The SMILES string of the molecule is CCCCN(P1c2ccccc2OC[C@@H]1C)P1[C@H](c2ccccc2)CC[C@H]1c1ccccc1. The van der Waals surface area contributed by atoms with E-state index in [4.69, 9.17) is 4.74 Å². The second-order valence-electron chi connectivity index (χ2n) is 9.23. The summed E-state index contributed by atoms with van der Waals surface area (Å²) in [7, 11) is -0.799. The molecule has 1 unspecified atom stereocenters. The molecule has 0 amide bonds. The summed E-state index contributed by atoms with van der Waals surface area (Å²) in [6.45, 7) is 6.78. The molecular weight excluding hydrogens is 440 g/mol. The highest BCUT2D eigenvalue weighted by molar-refractivity contribution is 7.75. The molecule has 4 atom stereocenters. The number of hydrogen-bond donors (Lipinski definition) is 0. The van der Waals surface area contributed by atoms with Gasteiger partial charge in [0.1, 0.15) is 5.75 Å². The zero-order chi connectivity index (χ0) is 22.6. The third kappa shape index (κ3) is 4.77. The fourth-order valence-corrected chi connectivity index (χ4v) is 13.4. The van der Waals surface area contributed by atoms with Gasteiger partial charge in [0.2, 0.25) is 0 Å². The van der Waals surface area contributed by atoms with Crippen LogP contribution in [0.2, 0.25) is 0 Å². The van der Waals surface area contributed by atoms with Gasteiger partial charge >= 0.3 is 0 Å². The Morgan fingerprint density at radius 3 is 2.00 bits per heavy atom. The lowest BCUT2D eigenvalue weighted by molar-refractivity contribution is 0.316. The summed E-state index contributed by atoms with van der Waals surface area (Å²) in [6, 6.07) is 31.6. The van der Waals surface area contributed by atoms with Crippen LogP contribution in [0, 0.1) is 0 Å². The summed E-state index contributed by atoms with van der Waals surface area (Å²) in [5.74, 6) is 1.12. The molecular formula is C29H35NOP2. The normalized spacial score (nSPS) is 25.1. The van der Waals surface area contributed by atoms with Gasteiger partial charge in [0, 0.05) is 36.9 Å². The summed E-state index contributed by atoms with van der Waals surface area (Å²) in [6.07, 6.45) is 5.07. The van der Waals surface area contributed by atoms with Crippen molar-refractivity contribution in [1.82, 2.24) is 4.44 Å². The molecule has 0 spiro atoms. The molecule has 1 saturated heterocycles. The average molecular weight is 476 g/mol. The second kappa shape index (κ2) is 10.7. The lowest BCUT2D eigenvalue weighted by Gasteiger charge is -2.46. The molecule has 1 fully saturated rings. The van der Waals surface area contributed by atoms with Crippen LogP contribution >= 0.6 is 16.1 Å². The van der Waals surface area contributed by atoms with Crippen LogP contribution in [0.3, 0.4) is 0 Å². The van der Waals surface area contributed by atoms with E-state index in [1.54, 1.807) is 0 Å². The van der Waals surface area contributed by atoms with Crippen LogP contribution in [-0.4, -0.2) is 23.3 Å². The summed E-state index contributed by atoms with van der Waals surface area (Å²) in [5, 5.41) is 1.45. The van der Waals surface area contributed by atoms with Crippen LogP contribution < -0.4 is 10.0 Å². The summed E-state index contributed by atoms with van der Waals surface area (Å²) >= 11 is 0. The molecule has 2 nitrogen and oxygen atoms in total. The van der Waals surface area contributed by atoms with Crippen molar-refractivity contribution in [1.29, 1.82) is 0 Å². The van der Waals surface area contributed by atoms with Gasteiger partial charge in [-0.15, -0.1) is 0 Å². The maximum absolute atomic E-state index is 6.20. The van der Waals surface area contributed by atoms with Crippen molar-refractivity contribution in [2.24, 2.45) is 0 Å². The molecule has 5 rings (SSSR count). The van der Waals surface area contributed by atoms with E-state index in [-0.39, 0.29) is 8.07 Å². The van der Waals surface area contributed by atoms with Crippen LogP contribution in [0.1, 0.15) is 62.0 Å². The first-order valence-corrected chi connectivity index (χ1v) is 15.2. The van der Waals surface area contributed by atoms with E-state index in [0.29, 0.717) is 17.0 Å². The van der Waals surface area contributed by atoms with Crippen molar-refractivity contribution in [2.75, 3.05) is 13.2 Å². The van der Waals surface area contributed by atoms with Crippen molar-refractivity contribution in [3.05, 3.63) is 96.1 Å². The molecule has 0 saturated carbocycles. The van der Waals surface area contributed by atoms with Crippen LogP contribution in [0.4, 0.5) is 0 Å². The van der Waals surface area contributed by atoms with E-state index in [9.17, 15) is 0 Å². The minimum Gasteiger partial charge on any atom is -0.492 e. The van der Waals surface area contributed by atoms with Gasteiger partial charge in [-0.25, -0.2) is 0 Å². The zero-order valence-corrected chi connectivity index (χ0v) is 21.6. The molecule has 2 heterocycles. The summed E-state index contributed by atoms with van der Waals surface area (Å²) in [4.78, 5) is 0. The van der Waals surface area contributed by atoms with Gasteiger partial charge in [-0.2, -0.15) is 0 Å². The Morgan fingerprint density at radius 1 is 0.818 bits per heavy atom. The predicted octanol–water partition coefficient (Wildman–Crippen LogP) is 8.27. The Balaban J connectivity index is 1.61. The van der Waals surface area contributed by atoms with Gasteiger partial charge in [0.05, 0.1) is 6.61 Å². The van der Waals surface area contributed by atoms with E-state index in [2.05, 4.69) is 103 Å². The van der Waals surface area contributed by atoms with Crippen molar-refractivity contribution in [3.63, 3.8) is 0 Å². The Bertz CT molecular complexity index is 981. The Morgan fingerprint density at radius 2 is 1.39 bits per heavy atom. The molecule has 0 radical (unpaired) electrons. The first-order chi connectivity index (χ1) is 16.3. The summed E-state index contributed by atoms with van der Waals surface area (Å²) in [5.41, 5.74) is 4.88. The average Bonchev–Trinajstić information content (AvgIpc) is 3.31. The Labute approximate surface area is 202 Å². The zero-order valence-electron chi connectivity index (χ0n) is 19.8. The monoisotopic (exact) mass is 475 g/mol.